The van der Waals surface area contributed by atoms with E-state index < -0.39 is 0 Å². The maximum atomic E-state index is 6.33. The maximum absolute atomic E-state index is 6.33. The Hall–Kier alpha value is -0.180. The fourth-order valence-electron chi connectivity index (χ4n) is 1.91. The first-order valence-electron chi connectivity index (χ1n) is 6.94. The molecular weight excluding hydrogens is 274 g/mol. The minimum absolute atomic E-state index is 0.310. The zero-order chi connectivity index (χ0) is 14.5. The molecule has 0 saturated heterocycles. The standard InChI is InChI=1S/C16H26ClNS/c1-6-18-14(11-19-16(3,4)5)10-13-8-7-12(2)9-15(13)17/h7-9,14,18H,6,10-11H2,1-5H3. The van der Waals surface area contributed by atoms with Gasteiger partial charge in [-0.2, -0.15) is 11.8 Å². The summed E-state index contributed by atoms with van der Waals surface area (Å²) in [7, 11) is 0. The number of nitrogens with one attached hydrogen (secondary N) is 1. The summed E-state index contributed by atoms with van der Waals surface area (Å²) in [6.07, 6.45) is 0.996. The Morgan fingerprint density at radius 3 is 2.53 bits per heavy atom. The van der Waals surface area contributed by atoms with Crippen LogP contribution < -0.4 is 5.32 Å². The van der Waals surface area contributed by atoms with E-state index in [2.05, 4.69) is 58.1 Å². The van der Waals surface area contributed by atoms with Crippen LogP contribution >= 0.6 is 23.4 Å². The predicted octanol–water partition coefficient (Wildman–Crippen LogP) is 4.70. The molecule has 1 atom stereocenters. The molecule has 1 N–H and O–H groups in total. The molecule has 0 amide bonds. The van der Waals surface area contributed by atoms with Crippen LogP contribution in [0.1, 0.15) is 38.8 Å². The van der Waals surface area contributed by atoms with Crippen molar-refractivity contribution in [1.29, 1.82) is 0 Å². The number of likely N-dealkylation sites (N-methyl/N-ethyl adjacent to an activating group) is 1. The van der Waals surface area contributed by atoms with E-state index in [0.29, 0.717) is 10.8 Å². The molecule has 1 unspecified atom stereocenters. The largest absolute Gasteiger partial charge is 0.313 e. The van der Waals surface area contributed by atoms with Crippen molar-refractivity contribution in [2.24, 2.45) is 0 Å². The third kappa shape index (κ3) is 6.69. The topological polar surface area (TPSA) is 12.0 Å². The smallest absolute Gasteiger partial charge is 0.0441 e. The summed E-state index contributed by atoms with van der Waals surface area (Å²) >= 11 is 8.33. The van der Waals surface area contributed by atoms with Crippen LogP contribution in [0.4, 0.5) is 0 Å². The second kappa shape index (κ2) is 7.56. The summed E-state index contributed by atoms with van der Waals surface area (Å²) < 4.78 is 0.310. The van der Waals surface area contributed by atoms with Gasteiger partial charge in [-0.1, -0.05) is 51.4 Å². The summed E-state index contributed by atoms with van der Waals surface area (Å²) in [5, 5.41) is 4.46. The van der Waals surface area contributed by atoms with Gasteiger partial charge in [0.1, 0.15) is 0 Å². The average molecular weight is 300 g/mol. The summed E-state index contributed by atoms with van der Waals surface area (Å²) in [6.45, 7) is 12.0. The van der Waals surface area contributed by atoms with Crippen molar-refractivity contribution in [3.63, 3.8) is 0 Å². The summed E-state index contributed by atoms with van der Waals surface area (Å²) in [5.41, 5.74) is 2.46. The minimum Gasteiger partial charge on any atom is -0.313 e. The lowest BCUT2D eigenvalue weighted by Gasteiger charge is -2.24. The van der Waals surface area contributed by atoms with Crippen LogP contribution in [0.3, 0.4) is 0 Å². The molecular formula is C16H26ClNS. The number of rotatable bonds is 6. The van der Waals surface area contributed by atoms with Crippen LogP contribution in [-0.4, -0.2) is 23.1 Å². The van der Waals surface area contributed by atoms with Gasteiger partial charge in [-0.3, -0.25) is 0 Å². The lowest BCUT2D eigenvalue weighted by Crippen LogP contribution is -2.34. The third-order valence-electron chi connectivity index (χ3n) is 2.89. The van der Waals surface area contributed by atoms with E-state index in [9.17, 15) is 0 Å². The number of thioether (sulfide) groups is 1. The van der Waals surface area contributed by atoms with Gasteiger partial charge in [0.05, 0.1) is 0 Å². The molecule has 0 aliphatic carbocycles. The monoisotopic (exact) mass is 299 g/mol. The van der Waals surface area contributed by atoms with Crippen molar-refractivity contribution in [2.75, 3.05) is 12.3 Å². The number of hydrogen-bond acceptors (Lipinski definition) is 2. The Morgan fingerprint density at radius 2 is 2.00 bits per heavy atom. The van der Waals surface area contributed by atoms with Crippen molar-refractivity contribution in [3.05, 3.63) is 34.3 Å². The quantitative estimate of drug-likeness (QED) is 0.817. The van der Waals surface area contributed by atoms with Crippen molar-refractivity contribution < 1.29 is 0 Å². The van der Waals surface area contributed by atoms with E-state index in [1.807, 2.05) is 11.8 Å². The molecule has 3 heteroatoms. The van der Waals surface area contributed by atoms with E-state index >= 15 is 0 Å². The zero-order valence-electron chi connectivity index (χ0n) is 12.7. The van der Waals surface area contributed by atoms with Gasteiger partial charge in [0.2, 0.25) is 0 Å². The molecule has 1 aromatic carbocycles. The highest BCUT2D eigenvalue weighted by Gasteiger charge is 2.16. The Balaban J connectivity index is 2.67. The first-order valence-corrected chi connectivity index (χ1v) is 8.30. The van der Waals surface area contributed by atoms with E-state index in [1.54, 1.807) is 0 Å². The average Bonchev–Trinajstić information content (AvgIpc) is 2.28. The minimum atomic E-state index is 0.310. The highest BCUT2D eigenvalue weighted by atomic mass is 35.5. The fraction of sp³-hybridized carbons (Fsp3) is 0.625. The molecule has 0 saturated carbocycles. The van der Waals surface area contributed by atoms with Gasteiger partial charge in [0.15, 0.2) is 0 Å². The van der Waals surface area contributed by atoms with E-state index in [1.165, 1.54) is 11.1 Å². The Morgan fingerprint density at radius 1 is 1.32 bits per heavy atom. The van der Waals surface area contributed by atoms with E-state index in [4.69, 9.17) is 11.6 Å². The van der Waals surface area contributed by atoms with Gasteiger partial charge in [-0.15, -0.1) is 0 Å². The Kier molecular flexibility index (Phi) is 6.72. The maximum Gasteiger partial charge on any atom is 0.0441 e. The normalized spacial score (nSPS) is 13.6. The molecule has 1 aromatic rings. The van der Waals surface area contributed by atoms with Crippen LogP contribution in [0, 0.1) is 6.92 Å². The van der Waals surface area contributed by atoms with Gasteiger partial charge < -0.3 is 5.32 Å². The number of benzene rings is 1. The van der Waals surface area contributed by atoms with Gasteiger partial charge >= 0.3 is 0 Å². The van der Waals surface area contributed by atoms with Crippen molar-refractivity contribution in [1.82, 2.24) is 5.32 Å². The van der Waals surface area contributed by atoms with Gasteiger partial charge in [-0.25, -0.2) is 0 Å². The second-order valence-corrected chi connectivity index (χ2v) is 8.23. The first-order chi connectivity index (χ1) is 8.81. The molecule has 108 valence electrons. The van der Waals surface area contributed by atoms with Crippen LogP contribution in [0.15, 0.2) is 18.2 Å². The number of hydrogen-bond donors (Lipinski definition) is 1. The zero-order valence-corrected chi connectivity index (χ0v) is 14.3. The van der Waals surface area contributed by atoms with Gasteiger partial charge in [-0.05, 0) is 37.1 Å². The fourth-order valence-corrected chi connectivity index (χ4v) is 3.16. The molecule has 0 bridgehead atoms. The van der Waals surface area contributed by atoms with Crippen LogP contribution in [0.25, 0.3) is 0 Å². The van der Waals surface area contributed by atoms with Crippen molar-refractivity contribution in [2.45, 2.75) is 51.8 Å². The molecule has 0 radical (unpaired) electrons. The first kappa shape index (κ1) is 16.9. The molecule has 0 aromatic heterocycles. The highest BCUT2D eigenvalue weighted by molar-refractivity contribution is 8.00. The third-order valence-corrected chi connectivity index (χ3v) is 4.67. The predicted molar refractivity (Wildman–Crippen MR) is 89.6 cm³/mol. The van der Waals surface area contributed by atoms with Crippen molar-refractivity contribution in [3.8, 4) is 0 Å². The second-order valence-electron chi connectivity index (χ2n) is 5.98. The molecule has 0 spiro atoms. The van der Waals surface area contributed by atoms with Crippen LogP contribution in [0.2, 0.25) is 5.02 Å². The summed E-state index contributed by atoms with van der Waals surface area (Å²) in [5.74, 6) is 1.11. The lowest BCUT2D eigenvalue weighted by atomic mass is 10.1. The highest BCUT2D eigenvalue weighted by Crippen LogP contribution is 2.26. The van der Waals surface area contributed by atoms with E-state index in [-0.39, 0.29) is 0 Å². The molecule has 0 aliphatic rings. The van der Waals surface area contributed by atoms with Gasteiger partial charge in [0, 0.05) is 21.6 Å². The number of halogens is 1. The SMILES string of the molecule is CCNC(CSC(C)(C)C)Cc1ccc(C)cc1Cl. The lowest BCUT2D eigenvalue weighted by molar-refractivity contribution is 0.570. The molecule has 0 aliphatic heterocycles. The Bertz CT molecular complexity index is 398. The summed E-state index contributed by atoms with van der Waals surface area (Å²) in [4.78, 5) is 0. The molecule has 1 nitrogen and oxygen atoms in total. The van der Waals surface area contributed by atoms with Crippen LogP contribution in [0.5, 0.6) is 0 Å². The molecule has 0 heterocycles. The molecule has 19 heavy (non-hydrogen) atoms. The van der Waals surface area contributed by atoms with Crippen molar-refractivity contribution >= 4 is 23.4 Å². The Labute approximate surface area is 127 Å². The van der Waals surface area contributed by atoms with Crippen LogP contribution in [-0.2, 0) is 6.42 Å². The van der Waals surface area contributed by atoms with E-state index in [0.717, 1.165) is 23.7 Å². The molecule has 0 fully saturated rings. The van der Waals surface area contributed by atoms with Gasteiger partial charge in [0.25, 0.3) is 0 Å². The summed E-state index contributed by atoms with van der Waals surface area (Å²) in [6, 6.07) is 6.83. The molecule has 1 rings (SSSR count). The number of aryl methyl sites for hydroxylation is 1.